The second-order valence-corrected chi connectivity index (χ2v) is 5.70. The van der Waals surface area contributed by atoms with Gasteiger partial charge in [-0.25, -0.2) is 0 Å². The molecule has 0 heterocycles. The molecule has 0 aliphatic carbocycles. The van der Waals surface area contributed by atoms with Crippen LogP contribution in [0.5, 0.6) is 0 Å². The second-order valence-electron chi connectivity index (χ2n) is 5.70. The standard InChI is InChI=1S/C17H28N2O2/c1-5-8-18-16-11-14(4)6-7-15(16)17(20)19-9-10-21-12-13(2)3/h6-7,11,13,18H,5,8-10,12H2,1-4H3,(H,19,20). The van der Waals surface area contributed by atoms with E-state index in [-0.39, 0.29) is 5.91 Å². The van der Waals surface area contributed by atoms with Crippen molar-refractivity contribution in [3.05, 3.63) is 29.3 Å². The average molecular weight is 292 g/mol. The minimum atomic E-state index is -0.0539. The van der Waals surface area contributed by atoms with Crippen molar-refractivity contribution < 1.29 is 9.53 Å². The fourth-order valence-electron chi connectivity index (χ4n) is 1.91. The first-order chi connectivity index (χ1) is 10.0. The van der Waals surface area contributed by atoms with Crippen molar-refractivity contribution in [1.82, 2.24) is 5.32 Å². The van der Waals surface area contributed by atoms with Gasteiger partial charge >= 0.3 is 0 Å². The first-order valence-electron chi connectivity index (χ1n) is 7.75. The van der Waals surface area contributed by atoms with E-state index in [2.05, 4.69) is 31.4 Å². The Bertz CT molecular complexity index is 444. The number of hydrogen-bond acceptors (Lipinski definition) is 3. The number of aryl methyl sites for hydroxylation is 1. The summed E-state index contributed by atoms with van der Waals surface area (Å²) < 4.78 is 5.47. The Hall–Kier alpha value is -1.55. The predicted octanol–water partition coefficient (Wildman–Crippen LogP) is 3.22. The molecule has 2 N–H and O–H groups in total. The number of ether oxygens (including phenoxy) is 1. The van der Waals surface area contributed by atoms with Gasteiger partial charge in [-0.1, -0.05) is 26.8 Å². The van der Waals surface area contributed by atoms with E-state index < -0.39 is 0 Å². The Labute approximate surface area is 128 Å². The molecule has 0 saturated heterocycles. The van der Waals surface area contributed by atoms with E-state index in [1.54, 1.807) is 0 Å². The number of carbonyl (C=O) groups is 1. The maximum absolute atomic E-state index is 12.2. The Balaban J connectivity index is 2.52. The molecule has 0 aromatic heterocycles. The number of hydrogen-bond donors (Lipinski definition) is 2. The fourth-order valence-corrected chi connectivity index (χ4v) is 1.91. The lowest BCUT2D eigenvalue weighted by Gasteiger charge is -2.13. The highest BCUT2D eigenvalue weighted by molar-refractivity contribution is 5.99. The molecule has 0 radical (unpaired) electrons. The Morgan fingerprint density at radius 1 is 1.29 bits per heavy atom. The van der Waals surface area contributed by atoms with E-state index in [0.717, 1.165) is 30.8 Å². The fraction of sp³-hybridized carbons (Fsp3) is 0.588. The predicted molar refractivity (Wildman–Crippen MR) is 87.9 cm³/mol. The van der Waals surface area contributed by atoms with Crippen molar-refractivity contribution in [3.8, 4) is 0 Å². The zero-order chi connectivity index (χ0) is 15.7. The Morgan fingerprint density at radius 2 is 2.05 bits per heavy atom. The molecule has 4 nitrogen and oxygen atoms in total. The molecule has 118 valence electrons. The van der Waals surface area contributed by atoms with Gasteiger partial charge in [0.2, 0.25) is 0 Å². The smallest absolute Gasteiger partial charge is 0.253 e. The largest absolute Gasteiger partial charge is 0.384 e. The zero-order valence-corrected chi connectivity index (χ0v) is 13.7. The number of nitrogens with one attached hydrogen (secondary N) is 2. The van der Waals surface area contributed by atoms with Crippen LogP contribution in [0, 0.1) is 12.8 Å². The third-order valence-corrected chi connectivity index (χ3v) is 2.97. The number of rotatable bonds is 9. The summed E-state index contributed by atoms with van der Waals surface area (Å²) in [7, 11) is 0. The van der Waals surface area contributed by atoms with Gasteiger partial charge in [-0.3, -0.25) is 4.79 Å². The first-order valence-corrected chi connectivity index (χ1v) is 7.75. The van der Waals surface area contributed by atoms with Crippen LogP contribution in [0.1, 0.15) is 43.1 Å². The van der Waals surface area contributed by atoms with Crippen LogP contribution in [0.3, 0.4) is 0 Å². The topological polar surface area (TPSA) is 50.4 Å². The van der Waals surface area contributed by atoms with Gasteiger partial charge in [0, 0.05) is 25.4 Å². The monoisotopic (exact) mass is 292 g/mol. The lowest BCUT2D eigenvalue weighted by molar-refractivity contribution is 0.0887. The van der Waals surface area contributed by atoms with Crippen molar-refractivity contribution in [2.75, 3.05) is 31.6 Å². The van der Waals surface area contributed by atoms with E-state index in [4.69, 9.17) is 4.74 Å². The molecule has 1 rings (SSSR count). The molecule has 0 unspecified atom stereocenters. The SMILES string of the molecule is CCCNc1cc(C)ccc1C(=O)NCCOCC(C)C. The number of anilines is 1. The van der Waals surface area contributed by atoms with Crippen molar-refractivity contribution in [3.63, 3.8) is 0 Å². The molecule has 0 bridgehead atoms. The van der Waals surface area contributed by atoms with Crippen LogP contribution in [0.15, 0.2) is 18.2 Å². The average Bonchev–Trinajstić information content (AvgIpc) is 2.44. The summed E-state index contributed by atoms with van der Waals surface area (Å²) in [5.41, 5.74) is 2.74. The summed E-state index contributed by atoms with van der Waals surface area (Å²) in [5, 5.41) is 6.21. The highest BCUT2D eigenvalue weighted by atomic mass is 16.5. The second kappa shape index (κ2) is 9.40. The van der Waals surface area contributed by atoms with Crippen LogP contribution >= 0.6 is 0 Å². The lowest BCUT2D eigenvalue weighted by Crippen LogP contribution is -2.28. The molecule has 0 aliphatic rings. The third-order valence-electron chi connectivity index (χ3n) is 2.97. The van der Waals surface area contributed by atoms with E-state index in [1.807, 2.05) is 25.1 Å². The third kappa shape index (κ3) is 6.63. The molecule has 0 atom stereocenters. The minimum Gasteiger partial charge on any atom is -0.384 e. The van der Waals surface area contributed by atoms with Gasteiger partial charge in [0.15, 0.2) is 0 Å². The Morgan fingerprint density at radius 3 is 2.71 bits per heavy atom. The highest BCUT2D eigenvalue weighted by Crippen LogP contribution is 2.17. The van der Waals surface area contributed by atoms with E-state index >= 15 is 0 Å². The minimum absolute atomic E-state index is 0.0539. The zero-order valence-electron chi connectivity index (χ0n) is 13.7. The molecule has 1 amide bonds. The highest BCUT2D eigenvalue weighted by Gasteiger charge is 2.10. The first kappa shape index (κ1) is 17.5. The molecule has 0 fully saturated rings. The maximum atomic E-state index is 12.2. The summed E-state index contributed by atoms with van der Waals surface area (Å²) in [6, 6.07) is 5.85. The summed E-state index contributed by atoms with van der Waals surface area (Å²) >= 11 is 0. The molecule has 1 aromatic rings. The van der Waals surface area contributed by atoms with Crippen LogP contribution < -0.4 is 10.6 Å². The molecule has 1 aromatic carbocycles. The number of carbonyl (C=O) groups excluding carboxylic acids is 1. The quantitative estimate of drug-likeness (QED) is 0.687. The van der Waals surface area contributed by atoms with Gasteiger partial charge < -0.3 is 15.4 Å². The summed E-state index contributed by atoms with van der Waals surface area (Å²) in [6.45, 7) is 11.0. The van der Waals surface area contributed by atoms with Crippen molar-refractivity contribution in [2.45, 2.75) is 34.1 Å². The number of amides is 1. The molecule has 0 aliphatic heterocycles. The summed E-state index contributed by atoms with van der Waals surface area (Å²) in [4.78, 5) is 12.2. The molecule has 4 heteroatoms. The van der Waals surface area contributed by atoms with Crippen LogP contribution in [-0.4, -0.2) is 32.2 Å². The molecule has 21 heavy (non-hydrogen) atoms. The van der Waals surface area contributed by atoms with Gasteiger partial charge in [-0.05, 0) is 37.0 Å². The van der Waals surface area contributed by atoms with Gasteiger partial charge in [0.25, 0.3) is 5.91 Å². The summed E-state index contributed by atoms with van der Waals surface area (Å²) in [6.07, 6.45) is 1.03. The molecule has 0 spiro atoms. The lowest BCUT2D eigenvalue weighted by atomic mass is 10.1. The van der Waals surface area contributed by atoms with Crippen molar-refractivity contribution >= 4 is 11.6 Å². The van der Waals surface area contributed by atoms with Crippen LogP contribution in [-0.2, 0) is 4.74 Å². The normalized spacial score (nSPS) is 10.7. The maximum Gasteiger partial charge on any atom is 0.253 e. The van der Waals surface area contributed by atoms with Crippen molar-refractivity contribution in [2.24, 2.45) is 5.92 Å². The van der Waals surface area contributed by atoms with Crippen molar-refractivity contribution in [1.29, 1.82) is 0 Å². The Kier molecular flexibility index (Phi) is 7.83. The molecular weight excluding hydrogens is 264 g/mol. The van der Waals surface area contributed by atoms with E-state index in [9.17, 15) is 4.79 Å². The van der Waals surface area contributed by atoms with Crippen LogP contribution in [0.2, 0.25) is 0 Å². The van der Waals surface area contributed by atoms with Gasteiger partial charge in [-0.2, -0.15) is 0 Å². The van der Waals surface area contributed by atoms with Gasteiger partial charge in [0.1, 0.15) is 0 Å². The van der Waals surface area contributed by atoms with Crippen LogP contribution in [0.4, 0.5) is 5.69 Å². The van der Waals surface area contributed by atoms with E-state index in [0.29, 0.717) is 24.6 Å². The van der Waals surface area contributed by atoms with Crippen LogP contribution in [0.25, 0.3) is 0 Å². The molecule has 0 saturated carbocycles. The van der Waals surface area contributed by atoms with E-state index in [1.165, 1.54) is 0 Å². The van der Waals surface area contributed by atoms with Gasteiger partial charge in [-0.15, -0.1) is 0 Å². The van der Waals surface area contributed by atoms with Gasteiger partial charge in [0.05, 0.1) is 12.2 Å². The number of benzene rings is 1. The summed E-state index contributed by atoms with van der Waals surface area (Å²) in [5.74, 6) is 0.462. The molecular formula is C17H28N2O2.